The van der Waals surface area contributed by atoms with Crippen molar-refractivity contribution in [2.24, 2.45) is 0 Å². The number of hydrogen-bond acceptors (Lipinski definition) is 5. The van der Waals surface area contributed by atoms with Crippen molar-refractivity contribution < 1.29 is 9.90 Å². The van der Waals surface area contributed by atoms with E-state index in [4.69, 9.17) is 28.3 Å². The summed E-state index contributed by atoms with van der Waals surface area (Å²) in [7, 11) is 0. The number of aromatic nitrogens is 4. The summed E-state index contributed by atoms with van der Waals surface area (Å²) in [6.45, 7) is 1.54. The van der Waals surface area contributed by atoms with Gasteiger partial charge in [-0.3, -0.25) is 4.79 Å². The highest BCUT2D eigenvalue weighted by Crippen LogP contribution is 2.16. The number of carboxylic acids is 1. The lowest BCUT2D eigenvalue weighted by Crippen LogP contribution is -2.27. The predicted octanol–water partition coefficient (Wildman–Crippen LogP) is 3.73. The molecule has 0 aliphatic heterocycles. The van der Waals surface area contributed by atoms with E-state index in [1.54, 1.807) is 12.5 Å². The van der Waals surface area contributed by atoms with Gasteiger partial charge in [-0.25, -0.2) is 15.0 Å². The van der Waals surface area contributed by atoms with Crippen molar-refractivity contribution in [3.8, 4) is 0 Å². The number of anilines is 1. The number of nitrogens with one attached hydrogen (secondary N) is 1. The number of carboxylic acid groups (broad SMARTS) is 1. The van der Waals surface area contributed by atoms with Crippen molar-refractivity contribution in [1.29, 1.82) is 0 Å². The molecule has 0 amide bonds. The number of alkyl halides is 2. The number of aliphatic carboxylic acids is 1. The smallest absolute Gasteiger partial charge is 0.303 e. The minimum absolute atomic E-state index is 0.215. The zero-order chi connectivity index (χ0) is 20.2. The Balaban J connectivity index is 0.000000255. The average molecular weight is 424 g/mol. The van der Waals surface area contributed by atoms with Crippen molar-refractivity contribution in [1.82, 2.24) is 19.9 Å². The lowest BCUT2D eigenvalue weighted by molar-refractivity contribution is -0.137. The van der Waals surface area contributed by atoms with Crippen LogP contribution in [0.4, 0.5) is 5.69 Å². The zero-order valence-corrected chi connectivity index (χ0v) is 16.9. The minimum Gasteiger partial charge on any atom is -0.481 e. The molecule has 2 N–H and O–H groups in total. The molecule has 28 heavy (non-hydrogen) atoms. The number of benzene rings is 1. The molecule has 150 valence electrons. The maximum atomic E-state index is 10.4. The first kappa shape index (κ1) is 21.9. The molecule has 0 spiro atoms. The minimum atomic E-state index is -0.743. The lowest BCUT2D eigenvalue weighted by Gasteiger charge is -2.23. The third-order valence-corrected chi connectivity index (χ3v) is 4.30. The van der Waals surface area contributed by atoms with Crippen LogP contribution in [0.25, 0.3) is 11.2 Å². The molecule has 0 bridgehead atoms. The SMILES string of the molecule is O=C(O)CCCc1ccc(N(CCCl)CCCl)cc1.c1ncc2[nH]cnc2n1. The van der Waals surface area contributed by atoms with Crippen LogP contribution in [0, 0.1) is 0 Å². The summed E-state index contributed by atoms with van der Waals surface area (Å²) in [6, 6.07) is 8.14. The molecule has 9 heteroatoms. The fraction of sp³-hybridized carbons (Fsp3) is 0.368. The first-order chi connectivity index (χ1) is 13.6. The molecule has 0 atom stereocenters. The van der Waals surface area contributed by atoms with Crippen LogP contribution in [-0.4, -0.2) is 55.9 Å². The average Bonchev–Trinajstić information content (AvgIpc) is 3.17. The molecular weight excluding hydrogens is 401 g/mol. The number of rotatable bonds is 9. The highest BCUT2D eigenvalue weighted by molar-refractivity contribution is 6.18. The molecule has 3 aromatic rings. The van der Waals surface area contributed by atoms with Crippen LogP contribution in [0.5, 0.6) is 0 Å². The van der Waals surface area contributed by atoms with E-state index in [0.29, 0.717) is 23.8 Å². The van der Waals surface area contributed by atoms with Crippen LogP contribution in [0.3, 0.4) is 0 Å². The van der Waals surface area contributed by atoms with Gasteiger partial charge in [-0.1, -0.05) is 12.1 Å². The van der Waals surface area contributed by atoms with E-state index in [0.717, 1.165) is 36.3 Å². The number of H-pyrrole nitrogens is 1. The van der Waals surface area contributed by atoms with Gasteiger partial charge in [-0.15, -0.1) is 23.2 Å². The number of nitrogens with zero attached hydrogens (tertiary/aromatic N) is 4. The Morgan fingerprint density at radius 1 is 1.11 bits per heavy atom. The Kier molecular flexibility index (Phi) is 9.51. The molecule has 2 aromatic heterocycles. The van der Waals surface area contributed by atoms with Gasteiger partial charge < -0.3 is 15.0 Å². The molecule has 0 aliphatic carbocycles. The van der Waals surface area contributed by atoms with Gasteiger partial charge in [-0.2, -0.15) is 0 Å². The van der Waals surface area contributed by atoms with Crippen molar-refractivity contribution in [3.63, 3.8) is 0 Å². The van der Waals surface area contributed by atoms with Crippen LogP contribution >= 0.6 is 23.2 Å². The van der Waals surface area contributed by atoms with Crippen molar-refractivity contribution >= 4 is 46.0 Å². The van der Waals surface area contributed by atoms with Crippen LogP contribution in [0.2, 0.25) is 0 Å². The van der Waals surface area contributed by atoms with Crippen LogP contribution in [0.15, 0.2) is 43.1 Å². The van der Waals surface area contributed by atoms with E-state index in [-0.39, 0.29) is 6.42 Å². The highest BCUT2D eigenvalue weighted by Gasteiger charge is 2.05. The molecule has 0 fully saturated rings. The number of carbonyl (C=O) groups is 1. The molecule has 7 nitrogen and oxygen atoms in total. The summed E-state index contributed by atoms with van der Waals surface area (Å²) >= 11 is 11.5. The number of halogens is 2. The van der Waals surface area contributed by atoms with Gasteiger partial charge in [0.2, 0.25) is 0 Å². The Morgan fingerprint density at radius 3 is 2.43 bits per heavy atom. The van der Waals surface area contributed by atoms with Gasteiger partial charge in [0.05, 0.1) is 12.5 Å². The molecule has 0 aliphatic rings. The third kappa shape index (κ3) is 7.32. The molecular formula is C19H23Cl2N5O2. The summed E-state index contributed by atoms with van der Waals surface area (Å²) in [4.78, 5) is 27.1. The quantitative estimate of drug-likeness (QED) is 0.509. The number of imidazole rings is 1. The lowest BCUT2D eigenvalue weighted by atomic mass is 10.1. The molecule has 3 rings (SSSR count). The third-order valence-electron chi connectivity index (χ3n) is 3.96. The van der Waals surface area contributed by atoms with Crippen LogP contribution in [0.1, 0.15) is 18.4 Å². The van der Waals surface area contributed by atoms with E-state index in [9.17, 15) is 4.79 Å². The summed E-state index contributed by atoms with van der Waals surface area (Å²) in [6.07, 6.45) is 6.43. The van der Waals surface area contributed by atoms with Crippen LogP contribution in [-0.2, 0) is 11.2 Å². The second kappa shape index (κ2) is 12.2. The molecule has 0 saturated carbocycles. The second-order valence-corrected chi connectivity index (χ2v) is 6.70. The molecule has 0 saturated heterocycles. The highest BCUT2D eigenvalue weighted by atomic mass is 35.5. The number of aromatic amines is 1. The first-order valence-corrected chi connectivity index (χ1v) is 9.97. The monoisotopic (exact) mass is 423 g/mol. The van der Waals surface area contributed by atoms with Gasteiger partial charge in [0, 0.05) is 37.0 Å². The Labute approximate surface area is 173 Å². The number of aryl methyl sites for hydroxylation is 1. The van der Waals surface area contributed by atoms with Crippen molar-refractivity contribution in [2.45, 2.75) is 19.3 Å². The van der Waals surface area contributed by atoms with Crippen molar-refractivity contribution in [2.75, 3.05) is 29.7 Å². The van der Waals surface area contributed by atoms with Crippen LogP contribution < -0.4 is 4.90 Å². The molecule has 0 unspecified atom stereocenters. The molecule has 1 aromatic carbocycles. The topological polar surface area (TPSA) is 95.0 Å². The largest absolute Gasteiger partial charge is 0.481 e. The van der Waals surface area contributed by atoms with Gasteiger partial charge in [0.15, 0.2) is 5.65 Å². The van der Waals surface area contributed by atoms with E-state index in [1.165, 1.54) is 6.33 Å². The zero-order valence-electron chi connectivity index (χ0n) is 15.4. The van der Waals surface area contributed by atoms with Gasteiger partial charge in [0.1, 0.15) is 11.8 Å². The number of hydrogen-bond donors (Lipinski definition) is 2. The van der Waals surface area contributed by atoms with E-state index < -0.39 is 5.97 Å². The second-order valence-electron chi connectivity index (χ2n) is 5.94. The Morgan fingerprint density at radius 2 is 1.82 bits per heavy atom. The van der Waals surface area contributed by atoms with Gasteiger partial charge >= 0.3 is 5.97 Å². The van der Waals surface area contributed by atoms with E-state index >= 15 is 0 Å². The maximum absolute atomic E-state index is 10.4. The summed E-state index contributed by atoms with van der Waals surface area (Å²) < 4.78 is 0. The number of fused-ring (bicyclic) bond motifs is 1. The van der Waals surface area contributed by atoms with Gasteiger partial charge in [0.25, 0.3) is 0 Å². The maximum Gasteiger partial charge on any atom is 0.303 e. The fourth-order valence-corrected chi connectivity index (χ4v) is 2.99. The Bertz CT molecular complexity index is 805. The van der Waals surface area contributed by atoms with E-state index in [1.807, 2.05) is 24.3 Å². The predicted molar refractivity (Wildman–Crippen MR) is 112 cm³/mol. The summed E-state index contributed by atoms with van der Waals surface area (Å²) in [5.74, 6) is 0.390. The Hall–Kier alpha value is -2.38. The van der Waals surface area contributed by atoms with E-state index in [2.05, 4.69) is 24.8 Å². The summed E-state index contributed by atoms with van der Waals surface area (Å²) in [5, 5.41) is 8.59. The van der Waals surface area contributed by atoms with Crippen molar-refractivity contribution in [3.05, 3.63) is 48.7 Å². The molecule has 2 heterocycles. The fourth-order valence-electron chi connectivity index (χ4n) is 2.58. The van der Waals surface area contributed by atoms with Gasteiger partial charge in [-0.05, 0) is 30.5 Å². The first-order valence-electron chi connectivity index (χ1n) is 8.90. The normalized spacial score (nSPS) is 10.4. The summed E-state index contributed by atoms with van der Waals surface area (Å²) in [5.41, 5.74) is 3.84. The molecule has 0 radical (unpaired) electrons. The standard InChI is InChI=1S/C14H19Cl2NO2.C5H4N4/c15-8-10-17(11-9-16)13-6-4-12(5-7-13)2-1-3-14(18)19;1-4-5(8-2-6-1)9-3-7-4/h4-7H,1-3,8-11H2,(H,18,19);1-3H,(H,6,7,8,9).